The first kappa shape index (κ1) is 14.2. The van der Waals surface area contributed by atoms with Gasteiger partial charge in [0.1, 0.15) is 6.61 Å². The number of aryl methyl sites for hydroxylation is 1. The van der Waals surface area contributed by atoms with E-state index in [0.717, 1.165) is 5.56 Å². The summed E-state index contributed by atoms with van der Waals surface area (Å²) in [4.78, 5) is 23.2. The average molecular weight is 251 g/mol. The van der Waals surface area contributed by atoms with Gasteiger partial charge in [0.05, 0.1) is 18.4 Å². The quantitative estimate of drug-likeness (QED) is 0.808. The minimum atomic E-state index is -0.474. The van der Waals surface area contributed by atoms with Gasteiger partial charge >= 0.3 is 5.97 Å². The van der Waals surface area contributed by atoms with Gasteiger partial charge in [-0.05, 0) is 18.1 Å². The number of anilines is 1. The summed E-state index contributed by atoms with van der Waals surface area (Å²) in [6.45, 7) is 1.89. The second-order valence-corrected chi connectivity index (χ2v) is 3.67. The number of rotatable bonds is 5. The summed E-state index contributed by atoms with van der Waals surface area (Å²) in [7, 11) is 2.74. The van der Waals surface area contributed by atoms with Crippen LogP contribution in [0.1, 0.15) is 22.8 Å². The van der Waals surface area contributed by atoms with E-state index in [1.165, 1.54) is 14.2 Å². The van der Waals surface area contributed by atoms with Crippen molar-refractivity contribution in [2.45, 2.75) is 13.3 Å². The molecule has 0 aromatic heterocycles. The molecule has 1 amide bonds. The zero-order valence-electron chi connectivity index (χ0n) is 10.8. The highest BCUT2D eigenvalue weighted by Gasteiger charge is 2.16. The molecule has 18 heavy (non-hydrogen) atoms. The van der Waals surface area contributed by atoms with E-state index >= 15 is 0 Å². The van der Waals surface area contributed by atoms with Crippen molar-refractivity contribution in [3.8, 4) is 0 Å². The van der Waals surface area contributed by atoms with E-state index in [2.05, 4.69) is 5.32 Å². The second-order valence-electron chi connectivity index (χ2n) is 3.67. The number of esters is 1. The summed E-state index contributed by atoms with van der Waals surface area (Å²) in [6, 6.07) is 5.24. The van der Waals surface area contributed by atoms with Gasteiger partial charge in [-0.15, -0.1) is 0 Å². The normalized spacial score (nSPS) is 9.94. The number of hydrogen-bond donors (Lipinski definition) is 1. The van der Waals surface area contributed by atoms with E-state index in [1.54, 1.807) is 12.1 Å². The molecule has 0 spiro atoms. The summed E-state index contributed by atoms with van der Waals surface area (Å²) in [5.41, 5.74) is 1.72. The zero-order valence-corrected chi connectivity index (χ0v) is 10.8. The third-order valence-corrected chi connectivity index (χ3v) is 2.48. The fourth-order valence-corrected chi connectivity index (χ4v) is 1.63. The van der Waals surface area contributed by atoms with E-state index in [9.17, 15) is 9.59 Å². The highest BCUT2D eigenvalue weighted by atomic mass is 16.5. The number of ether oxygens (including phenoxy) is 2. The van der Waals surface area contributed by atoms with Crippen molar-refractivity contribution in [3.05, 3.63) is 29.3 Å². The van der Waals surface area contributed by atoms with Crippen LogP contribution in [0.5, 0.6) is 0 Å². The Morgan fingerprint density at radius 1 is 1.28 bits per heavy atom. The number of carbonyl (C=O) groups is 2. The predicted octanol–water partition coefficient (Wildman–Crippen LogP) is 1.62. The summed E-state index contributed by atoms with van der Waals surface area (Å²) >= 11 is 0. The Labute approximate surface area is 106 Å². The molecule has 0 aliphatic heterocycles. The molecule has 0 fully saturated rings. The first-order valence-electron chi connectivity index (χ1n) is 5.63. The van der Waals surface area contributed by atoms with Crippen molar-refractivity contribution >= 4 is 17.6 Å². The largest absolute Gasteiger partial charge is 0.465 e. The average Bonchev–Trinajstić information content (AvgIpc) is 2.38. The standard InChI is InChI=1S/C13H17NO4/c1-4-9-6-5-7-10(13(16)18-3)12(9)14-11(15)8-17-2/h5-7H,4,8H2,1-3H3,(H,14,15). The lowest BCUT2D eigenvalue weighted by atomic mass is 10.0. The first-order chi connectivity index (χ1) is 8.63. The van der Waals surface area contributed by atoms with E-state index < -0.39 is 5.97 Å². The molecule has 1 aromatic carbocycles. The lowest BCUT2D eigenvalue weighted by Crippen LogP contribution is -2.20. The van der Waals surface area contributed by atoms with Gasteiger partial charge in [-0.3, -0.25) is 4.79 Å². The number of para-hydroxylation sites is 1. The minimum Gasteiger partial charge on any atom is -0.465 e. The number of benzene rings is 1. The molecule has 5 nitrogen and oxygen atoms in total. The summed E-state index contributed by atoms with van der Waals surface area (Å²) in [6.07, 6.45) is 0.702. The van der Waals surface area contributed by atoms with Crippen LogP contribution in [0, 0.1) is 0 Å². The van der Waals surface area contributed by atoms with Gasteiger partial charge in [-0.25, -0.2) is 4.79 Å². The highest BCUT2D eigenvalue weighted by molar-refractivity contribution is 6.02. The number of methoxy groups -OCH3 is 2. The fourth-order valence-electron chi connectivity index (χ4n) is 1.63. The molecule has 98 valence electrons. The van der Waals surface area contributed by atoms with Crippen molar-refractivity contribution in [2.24, 2.45) is 0 Å². The van der Waals surface area contributed by atoms with Crippen LogP contribution < -0.4 is 5.32 Å². The van der Waals surface area contributed by atoms with Crippen molar-refractivity contribution in [1.29, 1.82) is 0 Å². The van der Waals surface area contributed by atoms with Crippen LogP contribution >= 0.6 is 0 Å². The molecule has 0 unspecified atom stereocenters. The molecule has 1 rings (SSSR count). The van der Waals surface area contributed by atoms with E-state index in [1.807, 2.05) is 13.0 Å². The number of amides is 1. The van der Waals surface area contributed by atoms with Gasteiger partial charge in [-0.2, -0.15) is 0 Å². The van der Waals surface area contributed by atoms with Gasteiger partial charge in [0.15, 0.2) is 0 Å². The molecule has 0 atom stereocenters. The van der Waals surface area contributed by atoms with E-state index in [4.69, 9.17) is 9.47 Å². The highest BCUT2D eigenvalue weighted by Crippen LogP contribution is 2.22. The Balaban J connectivity index is 3.11. The first-order valence-corrected chi connectivity index (χ1v) is 5.63. The van der Waals surface area contributed by atoms with Crippen molar-refractivity contribution in [3.63, 3.8) is 0 Å². The number of hydrogen-bond acceptors (Lipinski definition) is 4. The molecule has 0 aliphatic carbocycles. The lowest BCUT2D eigenvalue weighted by molar-refractivity contribution is -0.119. The molecular formula is C13H17NO4. The van der Waals surface area contributed by atoms with Crippen LogP contribution in [0.3, 0.4) is 0 Å². The second kappa shape index (κ2) is 6.76. The predicted molar refractivity (Wildman–Crippen MR) is 67.7 cm³/mol. The van der Waals surface area contributed by atoms with E-state index in [0.29, 0.717) is 17.7 Å². The Morgan fingerprint density at radius 3 is 2.56 bits per heavy atom. The van der Waals surface area contributed by atoms with Crippen molar-refractivity contribution in [1.82, 2.24) is 0 Å². The van der Waals surface area contributed by atoms with Crippen molar-refractivity contribution in [2.75, 3.05) is 26.1 Å². The number of carbonyl (C=O) groups excluding carboxylic acids is 2. The minimum absolute atomic E-state index is 0.0569. The molecule has 1 N–H and O–H groups in total. The molecule has 0 saturated heterocycles. The summed E-state index contributed by atoms with van der Waals surface area (Å²) in [5, 5.41) is 2.68. The molecular weight excluding hydrogens is 234 g/mol. The molecule has 1 aromatic rings. The van der Waals surface area contributed by atoms with Crippen molar-refractivity contribution < 1.29 is 19.1 Å². The Morgan fingerprint density at radius 2 is 2.00 bits per heavy atom. The Bertz CT molecular complexity index is 443. The van der Waals surface area contributed by atoms with Crippen LogP contribution in [-0.2, 0) is 20.7 Å². The van der Waals surface area contributed by atoms with Gasteiger partial charge < -0.3 is 14.8 Å². The van der Waals surface area contributed by atoms with Gasteiger partial charge in [0, 0.05) is 7.11 Å². The SMILES string of the molecule is CCc1cccc(C(=O)OC)c1NC(=O)COC. The molecule has 0 saturated carbocycles. The fraction of sp³-hybridized carbons (Fsp3) is 0.385. The molecule has 0 aliphatic rings. The van der Waals surface area contributed by atoms with Gasteiger partial charge in [-0.1, -0.05) is 19.1 Å². The third-order valence-electron chi connectivity index (χ3n) is 2.48. The molecule has 0 heterocycles. The maximum Gasteiger partial charge on any atom is 0.339 e. The Kier molecular flexibility index (Phi) is 5.32. The smallest absolute Gasteiger partial charge is 0.339 e. The van der Waals surface area contributed by atoms with E-state index in [-0.39, 0.29) is 12.5 Å². The molecule has 0 radical (unpaired) electrons. The Hall–Kier alpha value is -1.88. The van der Waals surface area contributed by atoms with Crippen LogP contribution in [0.15, 0.2) is 18.2 Å². The van der Waals surface area contributed by atoms with Gasteiger partial charge in [0.25, 0.3) is 0 Å². The lowest BCUT2D eigenvalue weighted by Gasteiger charge is -2.13. The summed E-state index contributed by atoms with van der Waals surface area (Å²) in [5.74, 6) is -0.776. The zero-order chi connectivity index (χ0) is 13.5. The maximum atomic E-state index is 11.6. The number of nitrogens with one attached hydrogen (secondary N) is 1. The van der Waals surface area contributed by atoms with Gasteiger partial charge in [0.2, 0.25) is 5.91 Å². The molecule has 0 bridgehead atoms. The van der Waals surface area contributed by atoms with Crippen LogP contribution in [0.25, 0.3) is 0 Å². The monoisotopic (exact) mass is 251 g/mol. The topological polar surface area (TPSA) is 64.6 Å². The third kappa shape index (κ3) is 3.30. The van der Waals surface area contributed by atoms with Crippen LogP contribution in [-0.4, -0.2) is 32.7 Å². The van der Waals surface area contributed by atoms with Crippen LogP contribution in [0.4, 0.5) is 5.69 Å². The molecule has 5 heteroatoms. The maximum absolute atomic E-state index is 11.6. The van der Waals surface area contributed by atoms with Crippen LogP contribution in [0.2, 0.25) is 0 Å². The summed E-state index contributed by atoms with van der Waals surface area (Å²) < 4.78 is 9.44.